The predicted molar refractivity (Wildman–Crippen MR) is 86.8 cm³/mol. The highest BCUT2D eigenvalue weighted by atomic mass is 16.5. The summed E-state index contributed by atoms with van der Waals surface area (Å²) < 4.78 is 10.4. The van der Waals surface area contributed by atoms with Crippen LogP contribution >= 0.6 is 0 Å². The summed E-state index contributed by atoms with van der Waals surface area (Å²) in [6.07, 6.45) is 1.50. The van der Waals surface area contributed by atoms with Gasteiger partial charge >= 0.3 is 6.03 Å². The van der Waals surface area contributed by atoms with E-state index in [1.165, 1.54) is 0 Å². The van der Waals surface area contributed by atoms with Crippen molar-refractivity contribution in [3.8, 4) is 11.5 Å². The maximum Gasteiger partial charge on any atom is 0.317 e. The molecule has 23 heavy (non-hydrogen) atoms. The van der Waals surface area contributed by atoms with Gasteiger partial charge in [0.25, 0.3) is 0 Å². The minimum Gasteiger partial charge on any atom is -0.493 e. The second kappa shape index (κ2) is 7.85. The van der Waals surface area contributed by atoms with Gasteiger partial charge < -0.3 is 19.7 Å². The summed E-state index contributed by atoms with van der Waals surface area (Å²) in [5.41, 5.74) is 0.939. The molecule has 6 nitrogen and oxygen atoms in total. The molecule has 0 radical (unpaired) electrons. The molecule has 1 fully saturated rings. The van der Waals surface area contributed by atoms with E-state index in [0.29, 0.717) is 31.1 Å². The van der Waals surface area contributed by atoms with Gasteiger partial charge in [0.05, 0.1) is 14.2 Å². The quantitative estimate of drug-likeness (QED) is 0.903. The summed E-state index contributed by atoms with van der Waals surface area (Å²) in [4.78, 5) is 25.3. The summed E-state index contributed by atoms with van der Waals surface area (Å²) in [5, 5.41) is 2.91. The Morgan fingerprint density at radius 3 is 2.39 bits per heavy atom. The average molecular weight is 320 g/mol. The fourth-order valence-corrected chi connectivity index (χ4v) is 2.77. The van der Waals surface area contributed by atoms with E-state index in [4.69, 9.17) is 9.47 Å². The molecule has 1 aliphatic heterocycles. The number of carbonyl (C=O) groups is 2. The predicted octanol–water partition coefficient (Wildman–Crippen LogP) is 2.21. The number of nitrogens with one attached hydrogen (secondary N) is 1. The van der Waals surface area contributed by atoms with Crippen molar-refractivity contribution in [1.29, 1.82) is 0 Å². The molecule has 0 aromatic heterocycles. The summed E-state index contributed by atoms with van der Waals surface area (Å²) in [5.74, 6) is 1.62. The van der Waals surface area contributed by atoms with Gasteiger partial charge in [-0.3, -0.25) is 4.79 Å². The molecule has 0 unspecified atom stereocenters. The monoisotopic (exact) mass is 320 g/mol. The Kier molecular flexibility index (Phi) is 5.84. The van der Waals surface area contributed by atoms with Crippen LogP contribution in [0.25, 0.3) is 0 Å². The first-order chi connectivity index (χ1) is 11.0. The third kappa shape index (κ3) is 4.37. The molecule has 0 bridgehead atoms. The Morgan fingerprint density at radius 2 is 1.83 bits per heavy atom. The molecule has 6 heteroatoms. The molecular weight excluding hydrogens is 296 g/mol. The van der Waals surface area contributed by atoms with Gasteiger partial charge in [0.2, 0.25) is 0 Å². The molecule has 126 valence electrons. The van der Waals surface area contributed by atoms with E-state index >= 15 is 0 Å². The smallest absolute Gasteiger partial charge is 0.317 e. The number of methoxy groups -OCH3 is 2. The highest BCUT2D eigenvalue weighted by Crippen LogP contribution is 2.27. The van der Waals surface area contributed by atoms with Crippen molar-refractivity contribution >= 4 is 11.8 Å². The summed E-state index contributed by atoms with van der Waals surface area (Å²) in [7, 11) is 3.17. The number of amides is 2. The standard InChI is InChI=1S/C17H24N2O4/c1-12(20)14-6-8-19(9-7-14)17(21)18-11-13-4-5-15(22-2)16(10-13)23-3/h4-5,10,14H,6-9,11H2,1-3H3,(H,18,21). The Morgan fingerprint density at radius 1 is 1.17 bits per heavy atom. The number of benzene rings is 1. The molecule has 1 aromatic rings. The molecule has 1 aromatic carbocycles. The summed E-state index contributed by atoms with van der Waals surface area (Å²) in [6.45, 7) is 3.30. The molecule has 0 atom stereocenters. The van der Waals surface area contributed by atoms with Gasteiger partial charge in [-0.2, -0.15) is 0 Å². The lowest BCUT2D eigenvalue weighted by atomic mass is 9.93. The number of rotatable bonds is 5. The summed E-state index contributed by atoms with van der Waals surface area (Å²) >= 11 is 0. The molecule has 1 saturated heterocycles. The van der Waals surface area contributed by atoms with Crippen LogP contribution in [-0.2, 0) is 11.3 Å². The Labute approximate surface area is 136 Å². The van der Waals surface area contributed by atoms with Gasteiger partial charge in [0, 0.05) is 25.6 Å². The minimum absolute atomic E-state index is 0.0956. The molecule has 0 saturated carbocycles. The van der Waals surface area contributed by atoms with Crippen LogP contribution in [0, 0.1) is 5.92 Å². The van der Waals surface area contributed by atoms with Gasteiger partial charge in [0.15, 0.2) is 11.5 Å². The maximum absolute atomic E-state index is 12.2. The van der Waals surface area contributed by atoms with Crippen LogP contribution in [0.3, 0.4) is 0 Å². The van der Waals surface area contributed by atoms with Crippen LogP contribution in [0.1, 0.15) is 25.3 Å². The van der Waals surface area contributed by atoms with Crippen molar-refractivity contribution in [3.05, 3.63) is 23.8 Å². The fraction of sp³-hybridized carbons (Fsp3) is 0.529. The lowest BCUT2D eigenvalue weighted by Crippen LogP contribution is -2.45. The molecule has 1 aliphatic rings. The molecule has 1 heterocycles. The van der Waals surface area contributed by atoms with Gasteiger partial charge in [-0.15, -0.1) is 0 Å². The van der Waals surface area contributed by atoms with Gasteiger partial charge in [-0.05, 0) is 37.5 Å². The van der Waals surface area contributed by atoms with Crippen molar-refractivity contribution in [2.24, 2.45) is 5.92 Å². The van der Waals surface area contributed by atoms with Gasteiger partial charge in [-0.25, -0.2) is 4.79 Å². The fourth-order valence-electron chi connectivity index (χ4n) is 2.77. The first kappa shape index (κ1) is 17.1. The topological polar surface area (TPSA) is 67.9 Å². The number of Topliss-reactive ketones (excluding diaryl/α,β-unsaturated/α-hetero) is 1. The van der Waals surface area contributed by atoms with Gasteiger partial charge in [-0.1, -0.05) is 6.07 Å². The van der Waals surface area contributed by atoms with Crippen molar-refractivity contribution in [2.45, 2.75) is 26.3 Å². The first-order valence-corrected chi connectivity index (χ1v) is 7.79. The second-order valence-corrected chi connectivity index (χ2v) is 5.72. The third-order valence-electron chi connectivity index (χ3n) is 4.25. The van der Waals surface area contributed by atoms with Gasteiger partial charge in [0.1, 0.15) is 5.78 Å². The molecule has 0 aliphatic carbocycles. The van der Waals surface area contributed by atoms with Crippen LogP contribution < -0.4 is 14.8 Å². The highest BCUT2D eigenvalue weighted by molar-refractivity contribution is 5.79. The lowest BCUT2D eigenvalue weighted by molar-refractivity contribution is -0.121. The number of hydrogen-bond donors (Lipinski definition) is 1. The van der Waals surface area contributed by atoms with Crippen LogP contribution in [0.5, 0.6) is 11.5 Å². The molecule has 0 spiro atoms. The number of ketones is 1. The van der Waals surface area contributed by atoms with E-state index in [-0.39, 0.29) is 17.7 Å². The SMILES string of the molecule is COc1ccc(CNC(=O)N2CCC(C(C)=O)CC2)cc1OC. The zero-order valence-corrected chi connectivity index (χ0v) is 13.9. The zero-order chi connectivity index (χ0) is 16.8. The number of hydrogen-bond acceptors (Lipinski definition) is 4. The molecule has 2 amide bonds. The first-order valence-electron chi connectivity index (χ1n) is 7.79. The van der Waals surface area contributed by atoms with E-state index in [1.54, 1.807) is 26.0 Å². The Bertz CT molecular complexity index is 566. The van der Waals surface area contributed by atoms with E-state index in [1.807, 2.05) is 18.2 Å². The molecular formula is C17H24N2O4. The normalized spacial score (nSPS) is 15.2. The number of piperidine rings is 1. The number of ether oxygens (including phenoxy) is 2. The van der Waals surface area contributed by atoms with E-state index < -0.39 is 0 Å². The summed E-state index contributed by atoms with van der Waals surface area (Å²) in [6, 6.07) is 5.46. The Balaban J connectivity index is 1.86. The minimum atomic E-state index is -0.0956. The molecule has 2 rings (SSSR count). The molecule has 1 N–H and O–H groups in total. The number of carbonyl (C=O) groups excluding carboxylic acids is 2. The van der Waals surface area contributed by atoms with Crippen LogP contribution in [0.4, 0.5) is 4.79 Å². The lowest BCUT2D eigenvalue weighted by Gasteiger charge is -2.30. The van der Waals surface area contributed by atoms with E-state index in [0.717, 1.165) is 18.4 Å². The van der Waals surface area contributed by atoms with Crippen LogP contribution in [-0.4, -0.2) is 44.0 Å². The van der Waals surface area contributed by atoms with Crippen molar-refractivity contribution in [1.82, 2.24) is 10.2 Å². The average Bonchev–Trinajstić information content (AvgIpc) is 2.59. The third-order valence-corrected chi connectivity index (χ3v) is 4.25. The van der Waals surface area contributed by atoms with Crippen molar-refractivity contribution < 1.29 is 19.1 Å². The van der Waals surface area contributed by atoms with Crippen molar-refractivity contribution in [3.63, 3.8) is 0 Å². The number of urea groups is 1. The van der Waals surface area contributed by atoms with E-state index in [2.05, 4.69) is 5.32 Å². The maximum atomic E-state index is 12.2. The highest BCUT2D eigenvalue weighted by Gasteiger charge is 2.24. The number of nitrogens with zero attached hydrogens (tertiary/aromatic N) is 1. The zero-order valence-electron chi connectivity index (χ0n) is 13.9. The van der Waals surface area contributed by atoms with Crippen LogP contribution in [0.15, 0.2) is 18.2 Å². The largest absolute Gasteiger partial charge is 0.493 e. The van der Waals surface area contributed by atoms with Crippen LogP contribution in [0.2, 0.25) is 0 Å². The van der Waals surface area contributed by atoms with Crippen molar-refractivity contribution in [2.75, 3.05) is 27.3 Å². The number of likely N-dealkylation sites (tertiary alicyclic amines) is 1. The second-order valence-electron chi connectivity index (χ2n) is 5.72. The Hall–Kier alpha value is -2.24. The van der Waals surface area contributed by atoms with E-state index in [9.17, 15) is 9.59 Å².